The number of hydrogen-bond donors (Lipinski definition) is 2. The molecule has 1 aromatic rings. The van der Waals surface area contributed by atoms with E-state index >= 15 is 0 Å². The molecule has 17 heavy (non-hydrogen) atoms. The van der Waals surface area contributed by atoms with E-state index in [9.17, 15) is 8.78 Å². The van der Waals surface area contributed by atoms with E-state index in [-0.39, 0.29) is 18.4 Å². The average Bonchev–Trinajstić information content (AvgIpc) is 2.33. The molecule has 1 aromatic carbocycles. The van der Waals surface area contributed by atoms with E-state index in [1.54, 1.807) is 6.07 Å². The Bertz CT molecular complexity index is 368. The Labute approximate surface area is 106 Å². The normalized spacial score (nSPS) is 18.5. The van der Waals surface area contributed by atoms with Gasteiger partial charge in [0.05, 0.1) is 0 Å². The van der Waals surface area contributed by atoms with Crippen LogP contribution in [0.4, 0.5) is 8.78 Å². The Balaban J connectivity index is 0.00000144. The van der Waals surface area contributed by atoms with Gasteiger partial charge in [0.1, 0.15) is 0 Å². The Morgan fingerprint density at radius 2 is 1.82 bits per heavy atom. The van der Waals surface area contributed by atoms with Crippen molar-refractivity contribution in [2.45, 2.75) is 18.9 Å². The fraction of sp³-hybridized carbons (Fsp3) is 0.500. The van der Waals surface area contributed by atoms with E-state index in [0.717, 1.165) is 32.0 Å². The van der Waals surface area contributed by atoms with E-state index < -0.39 is 11.6 Å². The summed E-state index contributed by atoms with van der Waals surface area (Å²) in [5.41, 5.74) is 6.76. The Kier molecular flexibility index (Phi) is 5.31. The van der Waals surface area contributed by atoms with Crippen LogP contribution in [-0.2, 0) is 0 Å². The Morgan fingerprint density at radius 3 is 2.41 bits per heavy atom. The zero-order valence-corrected chi connectivity index (χ0v) is 10.3. The molecule has 0 spiro atoms. The fourth-order valence-electron chi connectivity index (χ4n) is 2.20. The predicted octanol–water partition coefficient (Wildman–Crippen LogP) is 2.39. The minimum Gasteiger partial charge on any atom is -0.324 e. The highest BCUT2D eigenvalue weighted by molar-refractivity contribution is 5.85. The molecular weight excluding hydrogens is 246 g/mol. The van der Waals surface area contributed by atoms with Gasteiger partial charge in [-0.3, -0.25) is 0 Å². The van der Waals surface area contributed by atoms with Crippen LogP contribution in [0, 0.1) is 17.6 Å². The van der Waals surface area contributed by atoms with Gasteiger partial charge in [-0.05, 0) is 49.5 Å². The van der Waals surface area contributed by atoms with E-state index in [1.165, 1.54) is 6.07 Å². The predicted molar refractivity (Wildman–Crippen MR) is 66.1 cm³/mol. The van der Waals surface area contributed by atoms with Gasteiger partial charge in [-0.15, -0.1) is 12.4 Å². The molecule has 2 nitrogen and oxygen atoms in total. The van der Waals surface area contributed by atoms with Crippen molar-refractivity contribution >= 4 is 12.4 Å². The van der Waals surface area contributed by atoms with Crippen LogP contribution in [0.2, 0.25) is 0 Å². The van der Waals surface area contributed by atoms with Crippen molar-refractivity contribution in [2.24, 2.45) is 11.7 Å². The van der Waals surface area contributed by atoms with Crippen LogP contribution in [0.15, 0.2) is 18.2 Å². The van der Waals surface area contributed by atoms with Crippen LogP contribution in [0.5, 0.6) is 0 Å². The molecule has 0 unspecified atom stereocenters. The van der Waals surface area contributed by atoms with Gasteiger partial charge in [0.25, 0.3) is 0 Å². The third-order valence-electron chi connectivity index (χ3n) is 3.22. The number of nitrogens with one attached hydrogen (secondary N) is 1. The number of piperidine rings is 1. The molecule has 1 aliphatic rings. The maximum Gasteiger partial charge on any atom is 0.159 e. The summed E-state index contributed by atoms with van der Waals surface area (Å²) in [5, 5.41) is 3.25. The quantitative estimate of drug-likeness (QED) is 0.859. The molecular formula is C12H17ClF2N2. The molecule has 1 saturated heterocycles. The molecule has 1 aliphatic heterocycles. The maximum absolute atomic E-state index is 13.1. The largest absolute Gasteiger partial charge is 0.324 e. The Hall–Kier alpha value is -0.710. The first kappa shape index (κ1) is 14.4. The summed E-state index contributed by atoms with van der Waals surface area (Å²) in [6.45, 7) is 1.89. The van der Waals surface area contributed by atoms with Gasteiger partial charge in [-0.1, -0.05) is 6.07 Å². The lowest BCUT2D eigenvalue weighted by molar-refractivity contribution is 0.321. The van der Waals surface area contributed by atoms with Crippen LogP contribution in [-0.4, -0.2) is 13.1 Å². The van der Waals surface area contributed by atoms with Gasteiger partial charge in [0.15, 0.2) is 11.6 Å². The summed E-state index contributed by atoms with van der Waals surface area (Å²) in [4.78, 5) is 0. The minimum atomic E-state index is -0.818. The lowest BCUT2D eigenvalue weighted by Crippen LogP contribution is -2.33. The SMILES string of the molecule is Cl.N[C@@H](c1ccc(F)c(F)c1)C1CCNCC1. The average molecular weight is 263 g/mol. The van der Waals surface area contributed by atoms with Crippen molar-refractivity contribution in [2.75, 3.05) is 13.1 Å². The highest BCUT2D eigenvalue weighted by atomic mass is 35.5. The van der Waals surface area contributed by atoms with Crippen LogP contribution >= 0.6 is 12.4 Å². The molecule has 0 aromatic heterocycles. The van der Waals surface area contributed by atoms with E-state index in [4.69, 9.17) is 5.73 Å². The van der Waals surface area contributed by atoms with E-state index in [0.29, 0.717) is 11.5 Å². The number of hydrogen-bond acceptors (Lipinski definition) is 2. The molecule has 96 valence electrons. The third kappa shape index (κ3) is 3.37. The summed E-state index contributed by atoms with van der Waals surface area (Å²) in [6.07, 6.45) is 1.97. The second kappa shape index (κ2) is 6.28. The summed E-state index contributed by atoms with van der Waals surface area (Å²) < 4.78 is 25.8. The smallest absolute Gasteiger partial charge is 0.159 e. The fourth-order valence-corrected chi connectivity index (χ4v) is 2.20. The molecule has 3 N–H and O–H groups in total. The second-order valence-corrected chi connectivity index (χ2v) is 4.29. The van der Waals surface area contributed by atoms with Gasteiger partial charge >= 0.3 is 0 Å². The van der Waals surface area contributed by atoms with Crippen molar-refractivity contribution in [3.05, 3.63) is 35.4 Å². The van der Waals surface area contributed by atoms with Gasteiger partial charge in [0.2, 0.25) is 0 Å². The van der Waals surface area contributed by atoms with E-state index in [1.807, 2.05) is 0 Å². The second-order valence-electron chi connectivity index (χ2n) is 4.29. The number of nitrogens with two attached hydrogens (primary N) is 1. The molecule has 0 bridgehead atoms. The monoisotopic (exact) mass is 262 g/mol. The van der Waals surface area contributed by atoms with Crippen molar-refractivity contribution in [3.8, 4) is 0 Å². The lowest BCUT2D eigenvalue weighted by atomic mass is 9.86. The van der Waals surface area contributed by atoms with Crippen molar-refractivity contribution in [1.29, 1.82) is 0 Å². The number of benzene rings is 1. The van der Waals surface area contributed by atoms with Crippen molar-refractivity contribution < 1.29 is 8.78 Å². The zero-order chi connectivity index (χ0) is 11.5. The van der Waals surface area contributed by atoms with Gasteiger partial charge in [-0.2, -0.15) is 0 Å². The van der Waals surface area contributed by atoms with Gasteiger partial charge < -0.3 is 11.1 Å². The molecule has 0 saturated carbocycles. The highest BCUT2D eigenvalue weighted by Gasteiger charge is 2.22. The summed E-state index contributed by atoms with van der Waals surface area (Å²) in [7, 11) is 0. The first-order chi connectivity index (χ1) is 7.68. The summed E-state index contributed by atoms with van der Waals surface area (Å²) in [6, 6.07) is 3.73. The maximum atomic E-state index is 13.1. The lowest BCUT2D eigenvalue weighted by Gasteiger charge is -2.28. The zero-order valence-electron chi connectivity index (χ0n) is 9.46. The van der Waals surface area contributed by atoms with Crippen LogP contribution in [0.3, 0.4) is 0 Å². The Morgan fingerprint density at radius 1 is 1.18 bits per heavy atom. The highest BCUT2D eigenvalue weighted by Crippen LogP contribution is 2.27. The minimum absolute atomic E-state index is 0. The van der Waals surface area contributed by atoms with Crippen LogP contribution in [0.25, 0.3) is 0 Å². The number of halogens is 3. The van der Waals surface area contributed by atoms with Gasteiger partial charge in [-0.25, -0.2) is 8.78 Å². The standard InChI is InChI=1S/C12H16F2N2.ClH/c13-10-2-1-9(7-11(10)14)12(15)8-3-5-16-6-4-8;/h1-2,7-8,12,16H,3-6,15H2;1H/t12-;/m1./s1. The van der Waals surface area contributed by atoms with Crippen molar-refractivity contribution in [1.82, 2.24) is 5.32 Å². The third-order valence-corrected chi connectivity index (χ3v) is 3.22. The molecule has 0 amide bonds. The molecule has 1 fully saturated rings. The molecule has 1 heterocycles. The number of rotatable bonds is 2. The van der Waals surface area contributed by atoms with Crippen LogP contribution in [0.1, 0.15) is 24.4 Å². The molecule has 2 rings (SSSR count). The molecule has 1 atom stereocenters. The van der Waals surface area contributed by atoms with Gasteiger partial charge in [0, 0.05) is 6.04 Å². The topological polar surface area (TPSA) is 38.0 Å². The van der Waals surface area contributed by atoms with Crippen molar-refractivity contribution in [3.63, 3.8) is 0 Å². The first-order valence-corrected chi connectivity index (χ1v) is 5.59. The first-order valence-electron chi connectivity index (χ1n) is 5.59. The molecule has 0 radical (unpaired) electrons. The summed E-state index contributed by atoms with van der Waals surface area (Å²) >= 11 is 0. The summed E-state index contributed by atoms with van der Waals surface area (Å²) in [5.74, 6) is -1.28. The molecule has 0 aliphatic carbocycles. The van der Waals surface area contributed by atoms with Crippen LogP contribution < -0.4 is 11.1 Å². The molecule has 5 heteroatoms. The van der Waals surface area contributed by atoms with E-state index in [2.05, 4.69) is 5.32 Å².